The lowest BCUT2D eigenvalue weighted by molar-refractivity contribution is -0.141. The van der Waals surface area contributed by atoms with Crippen LogP contribution in [0.25, 0.3) is 0 Å². The normalized spacial score (nSPS) is 13.5. The number of hydrogen-bond acceptors (Lipinski definition) is 5. The summed E-state index contributed by atoms with van der Waals surface area (Å²) in [6.45, 7) is 4.63. The van der Waals surface area contributed by atoms with Crippen molar-refractivity contribution in [2.75, 3.05) is 17.2 Å². The summed E-state index contributed by atoms with van der Waals surface area (Å²) >= 11 is 0. The first kappa shape index (κ1) is 22.7. The molecule has 3 N–H and O–H groups in total. The summed E-state index contributed by atoms with van der Waals surface area (Å²) in [5.74, 6) is -0.877. The van der Waals surface area contributed by atoms with Crippen LogP contribution in [0.15, 0.2) is 24.3 Å². The number of hydrogen-bond donors (Lipinski definition) is 3. The maximum atomic E-state index is 13.2. The molecule has 0 radical (unpaired) electrons. The number of aromatic nitrogens is 2. The molecule has 0 saturated carbocycles. The van der Waals surface area contributed by atoms with Gasteiger partial charge in [0.1, 0.15) is 5.82 Å². The molecule has 0 aliphatic carbocycles. The van der Waals surface area contributed by atoms with Gasteiger partial charge in [-0.1, -0.05) is 19.9 Å². The Morgan fingerprint density at radius 1 is 1.00 bits per heavy atom. The Hall–Kier alpha value is -2.56. The second-order valence-corrected chi connectivity index (χ2v) is 6.79. The van der Waals surface area contributed by atoms with E-state index in [0.717, 1.165) is 12.1 Å². The highest BCUT2D eigenvalue weighted by molar-refractivity contribution is 5.62. The van der Waals surface area contributed by atoms with E-state index in [9.17, 15) is 31.4 Å². The molecule has 11 heteroatoms. The first-order valence-corrected chi connectivity index (χ1v) is 8.59. The van der Waals surface area contributed by atoms with Gasteiger partial charge in [-0.3, -0.25) is 0 Å². The van der Waals surface area contributed by atoms with Crippen molar-refractivity contribution in [2.45, 2.75) is 39.2 Å². The summed E-state index contributed by atoms with van der Waals surface area (Å²) < 4.78 is 78.5. The molecule has 29 heavy (non-hydrogen) atoms. The minimum absolute atomic E-state index is 0.0415. The summed E-state index contributed by atoms with van der Waals surface area (Å²) in [5.41, 5.74) is -1.88. The fourth-order valence-corrected chi connectivity index (χ4v) is 2.38. The average molecular weight is 422 g/mol. The molecule has 0 unspecified atom stereocenters. The topological polar surface area (TPSA) is 70.1 Å². The molecule has 1 aromatic carbocycles. The minimum Gasteiger partial charge on any atom is -0.394 e. The van der Waals surface area contributed by atoms with Crippen LogP contribution in [-0.2, 0) is 12.4 Å². The fraction of sp³-hybridized carbons (Fsp3) is 0.444. The van der Waals surface area contributed by atoms with Crippen LogP contribution in [0.3, 0.4) is 0 Å². The van der Waals surface area contributed by atoms with Gasteiger partial charge >= 0.3 is 12.4 Å². The number of nitrogens with zero attached hydrogens (tertiary/aromatic N) is 2. The van der Waals surface area contributed by atoms with Gasteiger partial charge in [0.05, 0.1) is 18.2 Å². The largest absolute Gasteiger partial charge is 0.433 e. The molecule has 160 valence electrons. The Kier molecular flexibility index (Phi) is 6.61. The van der Waals surface area contributed by atoms with E-state index in [1.807, 2.05) is 0 Å². The lowest BCUT2D eigenvalue weighted by Gasteiger charge is -2.21. The van der Waals surface area contributed by atoms with Gasteiger partial charge in [-0.2, -0.15) is 31.3 Å². The summed E-state index contributed by atoms with van der Waals surface area (Å²) in [6, 6.07) is 2.87. The molecule has 0 amide bonds. The van der Waals surface area contributed by atoms with Crippen molar-refractivity contribution in [3.8, 4) is 0 Å². The summed E-state index contributed by atoms with van der Waals surface area (Å²) in [5, 5.41) is 14.5. The molecule has 2 aromatic rings. The van der Waals surface area contributed by atoms with Gasteiger partial charge in [0.15, 0.2) is 5.69 Å². The zero-order chi connectivity index (χ0) is 22.0. The van der Waals surface area contributed by atoms with Crippen LogP contribution in [0, 0.1) is 12.8 Å². The number of rotatable bonds is 6. The van der Waals surface area contributed by atoms with Gasteiger partial charge in [-0.15, -0.1) is 0 Å². The van der Waals surface area contributed by atoms with Crippen molar-refractivity contribution in [3.05, 3.63) is 41.1 Å². The van der Waals surface area contributed by atoms with Gasteiger partial charge < -0.3 is 15.7 Å². The molecule has 1 aromatic heterocycles. The van der Waals surface area contributed by atoms with Gasteiger partial charge in [-0.05, 0) is 30.5 Å². The number of aliphatic hydroxyl groups excluding tert-OH is 1. The van der Waals surface area contributed by atoms with Crippen molar-refractivity contribution in [2.24, 2.45) is 5.92 Å². The standard InChI is InChI=1S/C18H20F6N4O/c1-9(2)13(8-29)26-16-27-14(18(22,23)24)7-15(28-16)25-12-6-11(17(19,20)21)5-4-10(12)3/h4-7,9,13,29H,8H2,1-3H3,(H2,25,26,27,28)/t13-/m1/s1. The average Bonchev–Trinajstić information content (AvgIpc) is 2.59. The monoisotopic (exact) mass is 422 g/mol. The van der Waals surface area contributed by atoms with E-state index in [2.05, 4.69) is 20.6 Å². The number of halogens is 6. The predicted octanol–water partition coefficient (Wildman–Crippen LogP) is 5.00. The molecule has 5 nitrogen and oxygen atoms in total. The molecule has 2 rings (SSSR count). The molecule has 0 aliphatic rings. The molecule has 1 heterocycles. The van der Waals surface area contributed by atoms with Crippen molar-refractivity contribution >= 4 is 17.5 Å². The lowest BCUT2D eigenvalue weighted by Crippen LogP contribution is -2.30. The quantitative estimate of drug-likeness (QED) is 0.572. The van der Waals surface area contributed by atoms with E-state index >= 15 is 0 Å². The molecule has 0 spiro atoms. The third kappa shape index (κ3) is 5.96. The van der Waals surface area contributed by atoms with Crippen molar-refractivity contribution in [1.82, 2.24) is 9.97 Å². The summed E-state index contributed by atoms with van der Waals surface area (Å²) in [7, 11) is 0. The van der Waals surface area contributed by atoms with Crippen LogP contribution in [-0.4, -0.2) is 27.7 Å². The van der Waals surface area contributed by atoms with Gasteiger partial charge in [0, 0.05) is 11.8 Å². The second-order valence-electron chi connectivity index (χ2n) is 6.79. The third-order valence-electron chi connectivity index (χ3n) is 4.16. The predicted molar refractivity (Wildman–Crippen MR) is 95.8 cm³/mol. The Morgan fingerprint density at radius 3 is 2.17 bits per heavy atom. The zero-order valence-electron chi connectivity index (χ0n) is 15.8. The molecule has 0 saturated heterocycles. The number of nitrogens with one attached hydrogen (secondary N) is 2. The van der Waals surface area contributed by atoms with Crippen LogP contribution in [0.5, 0.6) is 0 Å². The number of aliphatic hydroxyl groups is 1. The van der Waals surface area contributed by atoms with E-state index in [1.165, 1.54) is 13.0 Å². The van der Waals surface area contributed by atoms with E-state index in [1.54, 1.807) is 13.8 Å². The van der Waals surface area contributed by atoms with Crippen molar-refractivity contribution in [1.29, 1.82) is 0 Å². The summed E-state index contributed by atoms with van der Waals surface area (Å²) in [6.07, 6.45) is -9.41. The van der Waals surface area contributed by atoms with E-state index in [4.69, 9.17) is 0 Å². The maximum absolute atomic E-state index is 13.2. The van der Waals surface area contributed by atoms with Crippen LogP contribution in [0.1, 0.15) is 30.7 Å². The maximum Gasteiger partial charge on any atom is 0.433 e. The van der Waals surface area contributed by atoms with Crippen LogP contribution < -0.4 is 10.6 Å². The molecular weight excluding hydrogens is 402 g/mol. The number of anilines is 3. The first-order chi connectivity index (χ1) is 13.3. The Morgan fingerprint density at radius 2 is 1.66 bits per heavy atom. The fourth-order valence-electron chi connectivity index (χ4n) is 2.38. The lowest BCUT2D eigenvalue weighted by atomic mass is 10.1. The second kappa shape index (κ2) is 8.44. The smallest absolute Gasteiger partial charge is 0.394 e. The van der Waals surface area contributed by atoms with Crippen LogP contribution in [0.4, 0.5) is 43.8 Å². The Labute approximate surface area is 163 Å². The van der Waals surface area contributed by atoms with Gasteiger partial charge in [-0.25, -0.2) is 4.98 Å². The SMILES string of the molecule is Cc1ccc(C(F)(F)F)cc1Nc1cc(C(F)(F)F)nc(N[C@H](CO)C(C)C)n1. The van der Waals surface area contributed by atoms with E-state index < -0.39 is 35.6 Å². The zero-order valence-corrected chi connectivity index (χ0v) is 15.8. The molecule has 0 bridgehead atoms. The van der Waals surface area contributed by atoms with Gasteiger partial charge in [0.25, 0.3) is 0 Å². The molecular formula is C18H20F6N4O. The molecule has 0 aliphatic heterocycles. The number of aryl methyl sites for hydroxylation is 1. The van der Waals surface area contributed by atoms with E-state index in [-0.39, 0.29) is 24.0 Å². The first-order valence-electron chi connectivity index (χ1n) is 8.59. The number of alkyl halides is 6. The third-order valence-corrected chi connectivity index (χ3v) is 4.16. The van der Waals surface area contributed by atoms with Crippen LogP contribution in [0.2, 0.25) is 0 Å². The Balaban J connectivity index is 2.46. The van der Waals surface area contributed by atoms with Crippen molar-refractivity contribution in [3.63, 3.8) is 0 Å². The van der Waals surface area contributed by atoms with Gasteiger partial charge in [0.2, 0.25) is 5.95 Å². The highest BCUT2D eigenvalue weighted by Crippen LogP contribution is 2.34. The molecule has 0 fully saturated rings. The number of benzene rings is 1. The minimum atomic E-state index is -4.80. The van der Waals surface area contributed by atoms with E-state index in [0.29, 0.717) is 11.6 Å². The highest BCUT2D eigenvalue weighted by Gasteiger charge is 2.34. The van der Waals surface area contributed by atoms with Crippen molar-refractivity contribution < 1.29 is 31.4 Å². The summed E-state index contributed by atoms with van der Waals surface area (Å²) in [4.78, 5) is 7.34. The Bertz CT molecular complexity index is 851. The highest BCUT2D eigenvalue weighted by atomic mass is 19.4. The van der Waals surface area contributed by atoms with Crippen LogP contribution >= 0.6 is 0 Å². The molecule has 1 atom stereocenters.